The Morgan fingerprint density at radius 3 is 2.94 bits per heavy atom. The summed E-state index contributed by atoms with van der Waals surface area (Å²) in [6.45, 7) is 5.92. The van der Waals surface area contributed by atoms with Gasteiger partial charge >= 0.3 is 0 Å². The molecule has 1 aromatic carbocycles. The molecule has 0 atom stereocenters. The average Bonchev–Trinajstić information content (AvgIpc) is 2.82. The fourth-order valence-corrected chi connectivity index (χ4v) is 2.27. The van der Waals surface area contributed by atoms with Crippen molar-refractivity contribution < 1.29 is 0 Å². The smallest absolute Gasteiger partial charge is 0.137 e. The van der Waals surface area contributed by atoms with Crippen molar-refractivity contribution in [3.8, 4) is 11.1 Å². The normalized spacial score (nSPS) is 10.7. The van der Waals surface area contributed by atoms with Gasteiger partial charge in [-0.15, -0.1) is 0 Å². The largest absolute Gasteiger partial charge is 0.346 e. The van der Waals surface area contributed by atoms with Crippen molar-refractivity contribution in [1.82, 2.24) is 9.97 Å². The molecule has 2 heterocycles. The highest BCUT2D eigenvalue weighted by Crippen LogP contribution is 2.29. The monoisotopic (exact) mass is 234 g/mol. The van der Waals surface area contributed by atoms with Gasteiger partial charge in [-0.05, 0) is 35.7 Å². The van der Waals surface area contributed by atoms with Crippen LogP contribution in [0.2, 0.25) is 0 Å². The van der Waals surface area contributed by atoms with Crippen LogP contribution in [0.4, 0.5) is 0 Å². The van der Waals surface area contributed by atoms with Crippen LogP contribution in [0.5, 0.6) is 0 Å². The molecule has 0 amide bonds. The van der Waals surface area contributed by atoms with E-state index >= 15 is 0 Å². The van der Waals surface area contributed by atoms with Crippen molar-refractivity contribution in [2.24, 2.45) is 0 Å². The second-order valence-corrected chi connectivity index (χ2v) is 4.38. The highest BCUT2D eigenvalue weighted by molar-refractivity contribution is 5.93. The number of aryl methyl sites for hydroxylation is 1. The molecule has 0 bridgehead atoms. The fraction of sp³-hybridized carbons (Fsp3) is 0.0625. The summed E-state index contributed by atoms with van der Waals surface area (Å²) in [5.41, 5.74) is 5.74. The van der Waals surface area contributed by atoms with Crippen molar-refractivity contribution in [3.63, 3.8) is 0 Å². The van der Waals surface area contributed by atoms with Gasteiger partial charge in [0.15, 0.2) is 0 Å². The summed E-state index contributed by atoms with van der Waals surface area (Å²) in [7, 11) is 0. The summed E-state index contributed by atoms with van der Waals surface area (Å²) in [6, 6.07) is 10.5. The lowest BCUT2D eigenvalue weighted by molar-refractivity contribution is 1.33. The fourth-order valence-electron chi connectivity index (χ4n) is 2.27. The molecule has 0 saturated carbocycles. The Balaban J connectivity index is 2.20. The Kier molecular flexibility index (Phi) is 2.49. The molecular formula is C16H14N2. The van der Waals surface area contributed by atoms with Gasteiger partial charge in [-0.2, -0.15) is 0 Å². The van der Waals surface area contributed by atoms with E-state index in [1.807, 2.05) is 18.3 Å². The molecule has 1 N–H and O–H groups in total. The number of rotatable bonds is 2. The van der Waals surface area contributed by atoms with Crippen molar-refractivity contribution in [3.05, 3.63) is 60.4 Å². The minimum absolute atomic E-state index is 0.929. The van der Waals surface area contributed by atoms with Crippen LogP contribution < -0.4 is 0 Å². The summed E-state index contributed by atoms with van der Waals surface area (Å²) in [4.78, 5) is 7.52. The molecule has 0 aliphatic rings. The molecule has 88 valence electrons. The van der Waals surface area contributed by atoms with Gasteiger partial charge in [0.05, 0.1) is 0 Å². The van der Waals surface area contributed by atoms with E-state index in [-0.39, 0.29) is 0 Å². The zero-order valence-electron chi connectivity index (χ0n) is 10.3. The van der Waals surface area contributed by atoms with E-state index in [0.29, 0.717) is 0 Å². The number of nitrogens with one attached hydrogen (secondary N) is 1. The van der Waals surface area contributed by atoms with Crippen molar-refractivity contribution in [2.75, 3.05) is 0 Å². The van der Waals surface area contributed by atoms with Crippen LogP contribution >= 0.6 is 0 Å². The minimum Gasteiger partial charge on any atom is -0.346 e. The van der Waals surface area contributed by atoms with Gasteiger partial charge in [-0.1, -0.05) is 30.9 Å². The first-order valence-corrected chi connectivity index (χ1v) is 5.95. The number of pyridine rings is 1. The Morgan fingerprint density at radius 1 is 1.28 bits per heavy atom. The number of hydrogen-bond donors (Lipinski definition) is 1. The van der Waals surface area contributed by atoms with E-state index in [0.717, 1.165) is 11.0 Å². The summed E-state index contributed by atoms with van der Waals surface area (Å²) in [5.74, 6) is 0. The third kappa shape index (κ3) is 1.63. The van der Waals surface area contributed by atoms with Crippen LogP contribution in [-0.2, 0) is 0 Å². The number of benzene rings is 1. The first kappa shape index (κ1) is 10.8. The van der Waals surface area contributed by atoms with Crippen LogP contribution in [0.25, 0.3) is 28.2 Å². The Labute approximate surface area is 106 Å². The summed E-state index contributed by atoms with van der Waals surface area (Å²) in [6.07, 6.45) is 5.70. The maximum Gasteiger partial charge on any atom is 0.137 e. The van der Waals surface area contributed by atoms with E-state index in [1.54, 1.807) is 6.20 Å². The number of aromatic nitrogens is 2. The van der Waals surface area contributed by atoms with E-state index in [2.05, 4.69) is 47.7 Å². The predicted molar refractivity (Wildman–Crippen MR) is 76.4 cm³/mol. The van der Waals surface area contributed by atoms with Gasteiger partial charge in [0.1, 0.15) is 5.65 Å². The topological polar surface area (TPSA) is 28.7 Å². The molecule has 0 fully saturated rings. The Hall–Kier alpha value is -2.35. The standard InChI is InChI=1S/C16H14N2/c1-3-12-6-7-13(9-11(12)2)15-10-18-16-14(15)5-4-8-17-16/h3-10H,1H2,2H3,(H,17,18). The van der Waals surface area contributed by atoms with Crippen LogP contribution in [0.15, 0.2) is 49.3 Å². The number of nitrogens with zero attached hydrogens (tertiary/aromatic N) is 1. The number of aromatic amines is 1. The molecular weight excluding hydrogens is 220 g/mol. The van der Waals surface area contributed by atoms with Crippen molar-refractivity contribution in [2.45, 2.75) is 6.92 Å². The Morgan fingerprint density at radius 2 is 2.17 bits per heavy atom. The highest BCUT2D eigenvalue weighted by atomic mass is 14.8. The van der Waals surface area contributed by atoms with Crippen LogP contribution in [-0.4, -0.2) is 9.97 Å². The van der Waals surface area contributed by atoms with Gasteiger partial charge in [0.2, 0.25) is 0 Å². The minimum atomic E-state index is 0.929. The lowest BCUT2D eigenvalue weighted by Crippen LogP contribution is -1.83. The van der Waals surface area contributed by atoms with E-state index in [9.17, 15) is 0 Å². The Bertz CT molecular complexity index is 723. The molecule has 0 aliphatic heterocycles. The third-order valence-corrected chi connectivity index (χ3v) is 3.25. The van der Waals surface area contributed by atoms with E-state index in [1.165, 1.54) is 22.3 Å². The van der Waals surface area contributed by atoms with Gasteiger partial charge in [0.25, 0.3) is 0 Å². The summed E-state index contributed by atoms with van der Waals surface area (Å²) >= 11 is 0. The lowest BCUT2D eigenvalue weighted by atomic mass is 10.00. The average molecular weight is 234 g/mol. The van der Waals surface area contributed by atoms with E-state index in [4.69, 9.17) is 0 Å². The van der Waals surface area contributed by atoms with Gasteiger partial charge in [0, 0.05) is 23.3 Å². The first-order valence-electron chi connectivity index (χ1n) is 5.95. The second-order valence-electron chi connectivity index (χ2n) is 4.38. The second kappa shape index (κ2) is 4.15. The van der Waals surface area contributed by atoms with Gasteiger partial charge in [-0.25, -0.2) is 4.98 Å². The molecule has 0 saturated heterocycles. The van der Waals surface area contributed by atoms with Gasteiger partial charge < -0.3 is 4.98 Å². The van der Waals surface area contributed by atoms with Crippen LogP contribution in [0, 0.1) is 6.92 Å². The van der Waals surface area contributed by atoms with Gasteiger partial charge in [-0.3, -0.25) is 0 Å². The third-order valence-electron chi connectivity index (χ3n) is 3.25. The quantitative estimate of drug-likeness (QED) is 0.708. The molecule has 0 radical (unpaired) electrons. The maximum atomic E-state index is 4.31. The maximum absolute atomic E-state index is 4.31. The molecule has 0 aliphatic carbocycles. The zero-order chi connectivity index (χ0) is 12.5. The highest BCUT2D eigenvalue weighted by Gasteiger charge is 2.07. The van der Waals surface area contributed by atoms with Crippen molar-refractivity contribution in [1.29, 1.82) is 0 Å². The van der Waals surface area contributed by atoms with E-state index < -0.39 is 0 Å². The SMILES string of the molecule is C=Cc1ccc(-c2c[nH]c3ncccc23)cc1C. The summed E-state index contributed by atoms with van der Waals surface area (Å²) in [5, 5.41) is 1.16. The molecule has 3 aromatic rings. The number of H-pyrrole nitrogens is 1. The number of hydrogen-bond acceptors (Lipinski definition) is 1. The molecule has 2 aromatic heterocycles. The number of fused-ring (bicyclic) bond motifs is 1. The molecule has 2 nitrogen and oxygen atoms in total. The lowest BCUT2D eigenvalue weighted by Gasteiger charge is -2.04. The molecule has 3 rings (SSSR count). The summed E-state index contributed by atoms with van der Waals surface area (Å²) < 4.78 is 0. The molecule has 0 spiro atoms. The predicted octanol–water partition coefficient (Wildman–Crippen LogP) is 4.18. The molecule has 2 heteroatoms. The molecule has 0 unspecified atom stereocenters. The zero-order valence-corrected chi connectivity index (χ0v) is 10.3. The van der Waals surface area contributed by atoms with Crippen molar-refractivity contribution >= 4 is 17.1 Å². The molecule has 18 heavy (non-hydrogen) atoms. The van der Waals surface area contributed by atoms with Crippen LogP contribution in [0.1, 0.15) is 11.1 Å². The van der Waals surface area contributed by atoms with Crippen LogP contribution in [0.3, 0.4) is 0 Å². The first-order chi connectivity index (χ1) is 8.79.